The molecule has 4 heavy (non-hydrogen) atoms. The first kappa shape index (κ1) is 37.0. The molecule has 0 rings (SSSR count). The van der Waals surface area contributed by atoms with Crippen molar-refractivity contribution in [2.24, 2.45) is 0 Å². The molecule has 2 N–H and O–H groups in total. The molecule has 1 nitrogen and oxygen atoms in total. The largest absolute Gasteiger partial charge is 0 e. The van der Waals surface area contributed by atoms with Crippen molar-refractivity contribution in [1.82, 2.24) is 0 Å². The molecule has 4 heteroatoms. The SMILES string of the molecule is O.[Ir].[SnH2].[Zn]. The maximum absolute atomic E-state index is 0. The summed E-state index contributed by atoms with van der Waals surface area (Å²) in [6, 6.07) is 0. The van der Waals surface area contributed by atoms with Gasteiger partial charge < -0.3 is 5.48 Å². The van der Waals surface area contributed by atoms with Gasteiger partial charge in [-0.2, -0.15) is 0 Å². The predicted molar refractivity (Wildman–Crippen MR) is 12.2 cm³/mol. The molecule has 0 aliphatic carbocycles. The summed E-state index contributed by atoms with van der Waals surface area (Å²) >= 11 is 0. The Morgan fingerprint density at radius 2 is 1.00 bits per heavy atom. The van der Waals surface area contributed by atoms with E-state index in [-0.39, 0.29) is 69.0 Å². The van der Waals surface area contributed by atoms with Crippen LogP contribution < -0.4 is 0 Å². The van der Waals surface area contributed by atoms with Crippen LogP contribution in [0.25, 0.3) is 0 Å². The Balaban J connectivity index is 0. The smallest absolute Gasteiger partial charge is 0 e. The van der Waals surface area contributed by atoms with Gasteiger partial charge in [0.15, 0.2) is 0 Å². The van der Waals surface area contributed by atoms with Gasteiger partial charge in [-0.1, -0.05) is 0 Å². The van der Waals surface area contributed by atoms with Crippen LogP contribution >= 0.6 is 0 Å². The third-order valence-corrected chi connectivity index (χ3v) is 0. The van der Waals surface area contributed by atoms with Gasteiger partial charge in [-0.15, -0.1) is 0 Å². The van der Waals surface area contributed by atoms with E-state index in [9.17, 15) is 0 Å². The zero-order chi connectivity index (χ0) is 0. The minimum Gasteiger partial charge on any atom is 0 e. The van der Waals surface area contributed by atoms with Crippen LogP contribution in [0.1, 0.15) is 0 Å². The third-order valence-electron chi connectivity index (χ3n) is 0. The van der Waals surface area contributed by atoms with Gasteiger partial charge in [0, 0.05) is 39.6 Å². The molecule has 0 unspecified atom stereocenters. The standard InChI is InChI=1S/Ir.H2O.Sn.Zn.2H/h;1H2;;;;. The van der Waals surface area contributed by atoms with Crippen molar-refractivity contribution >= 4 is 23.9 Å². The summed E-state index contributed by atoms with van der Waals surface area (Å²) in [6.45, 7) is 0. The van der Waals surface area contributed by atoms with E-state index >= 15 is 0 Å². The van der Waals surface area contributed by atoms with E-state index in [1.54, 1.807) is 0 Å². The van der Waals surface area contributed by atoms with Crippen molar-refractivity contribution < 1.29 is 45.1 Å². The Kier molecular flexibility index (Phi) is 183. The fourth-order valence-corrected chi connectivity index (χ4v) is 0. The molecule has 0 aliphatic heterocycles. The third kappa shape index (κ3) is 8.98. The van der Waals surface area contributed by atoms with Gasteiger partial charge in [0.1, 0.15) is 0 Å². The Bertz CT molecular complexity index is 8.00. The first-order valence-corrected chi connectivity index (χ1v) is 0. The van der Waals surface area contributed by atoms with E-state index in [1.807, 2.05) is 0 Å². The topological polar surface area (TPSA) is 31.5 Å². The Labute approximate surface area is 68.3 Å². The molecule has 0 spiro atoms. The molecule has 0 saturated heterocycles. The molecule has 0 aromatic heterocycles. The normalized spacial score (nSPS) is 0. The average Bonchev–Trinajstić information content (AvgIpc) is 0. The molecule has 25 valence electrons. The summed E-state index contributed by atoms with van der Waals surface area (Å²) in [5.74, 6) is 0. The van der Waals surface area contributed by atoms with E-state index < -0.39 is 0 Å². The Hall–Kier alpha value is 2.03. The van der Waals surface area contributed by atoms with Crippen LogP contribution in [0.15, 0.2) is 0 Å². The van der Waals surface area contributed by atoms with Crippen molar-refractivity contribution in [2.45, 2.75) is 0 Å². The van der Waals surface area contributed by atoms with Crippen LogP contribution in [0.5, 0.6) is 0 Å². The maximum atomic E-state index is 0. The van der Waals surface area contributed by atoms with Gasteiger partial charge in [0.2, 0.25) is 0 Å². The molecule has 3 radical (unpaired) electrons. The van der Waals surface area contributed by atoms with Crippen LogP contribution in [0.2, 0.25) is 0 Å². The molecular weight excluding hydrogens is 392 g/mol. The van der Waals surface area contributed by atoms with E-state index in [0.717, 1.165) is 0 Å². The minimum absolute atomic E-state index is 0. The van der Waals surface area contributed by atoms with Crippen molar-refractivity contribution in [3.05, 3.63) is 0 Å². The quantitative estimate of drug-likeness (QED) is 0.436. The Morgan fingerprint density at radius 3 is 1.00 bits per heavy atom. The van der Waals surface area contributed by atoms with E-state index in [2.05, 4.69) is 0 Å². The molecule has 0 aliphatic rings. The second-order valence-corrected chi connectivity index (χ2v) is 0. The Morgan fingerprint density at radius 1 is 1.00 bits per heavy atom. The summed E-state index contributed by atoms with van der Waals surface area (Å²) < 4.78 is 0. The summed E-state index contributed by atoms with van der Waals surface area (Å²) in [7, 11) is 0. The zero-order valence-corrected chi connectivity index (χ0v) is 11.6. The van der Waals surface area contributed by atoms with E-state index in [1.165, 1.54) is 0 Å². The van der Waals surface area contributed by atoms with E-state index in [4.69, 9.17) is 0 Å². The maximum Gasteiger partial charge on any atom is 0 e. The summed E-state index contributed by atoms with van der Waals surface area (Å²) in [6.07, 6.45) is 0. The fourth-order valence-electron chi connectivity index (χ4n) is 0. The van der Waals surface area contributed by atoms with Crippen molar-refractivity contribution in [2.75, 3.05) is 0 Å². The van der Waals surface area contributed by atoms with Gasteiger partial charge in [0.25, 0.3) is 0 Å². The molecule has 0 amide bonds. The monoisotopic (exact) mass is 397 g/mol. The van der Waals surface area contributed by atoms with Gasteiger partial charge in [-0.25, -0.2) is 0 Å². The number of hydrogen-bond donors (Lipinski definition) is 0. The fraction of sp³-hybridized carbons (Fsp3) is 0. The molecule has 0 heterocycles. The van der Waals surface area contributed by atoms with Gasteiger partial charge in [0.05, 0.1) is 0 Å². The molecule has 0 atom stereocenters. The summed E-state index contributed by atoms with van der Waals surface area (Å²) in [4.78, 5) is 0. The molecular formula is H4IrOSnZn. The second kappa shape index (κ2) is 19.8. The first-order valence-electron chi connectivity index (χ1n) is 0. The molecule has 0 fully saturated rings. The van der Waals surface area contributed by atoms with Gasteiger partial charge >= 0.3 is 23.9 Å². The first-order chi connectivity index (χ1) is 0. The van der Waals surface area contributed by atoms with Crippen LogP contribution in [0.3, 0.4) is 0 Å². The molecule has 0 aromatic rings. The minimum atomic E-state index is 0. The summed E-state index contributed by atoms with van der Waals surface area (Å²) in [5.41, 5.74) is 0. The van der Waals surface area contributed by atoms with Crippen molar-refractivity contribution in [3.8, 4) is 0 Å². The van der Waals surface area contributed by atoms with Gasteiger partial charge in [-0.05, 0) is 0 Å². The molecule has 0 aromatic carbocycles. The molecule has 0 bridgehead atoms. The summed E-state index contributed by atoms with van der Waals surface area (Å²) in [5, 5.41) is 0. The average molecular weight is 396 g/mol. The zero-order valence-electron chi connectivity index (χ0n) is 2.25. The van der Waals surface area contributed by atoms with E-state index in [0.29, 0.717) is 0 Å². The van der Waals surface area contributed by atoms with Crippen molar-refractivity contribution in [3.63, 3.8) is 0 Å². The van der Waals surface area contributed by atoms with Crippen LogP contribution in [0.4, 0.5) is 0 Å². The predicted octanol–water partition coefficient (Wildman–Crippen LogP) is -1.75. The van der Waals surface area contributed by atoms with Crippen LogP contribution in [-0.2, 0) is 39.6 Å². The van der Waals surface area contributed by atoms with Crippen LogP contribution in [-0.4, -0.2) is 29.4 Å². The van der Waals surface area contributed by atoms with Crippen molar-refractivity contribution in [1.29, 1.82) is 0 Å². The molecule has 0 saturated carbocycles. The second-order valence-electron chi connectivity index (χ2n) is 0. The number of rotatable bonds is 0. The number of hydrogen-bond acceptors (Lipinski definition) is 0. The van der Waals surface area contributed by atoms with Gasteiger partial charge in [-0.3, -0.25) is 0 Å². The van der Waals surface area contributed by atoms with Crippen LogP contribution in [0, 0.1) is 0 Å².